The molecule has 2 saturated heterocycles. The number of hydrogen-bond donors (Lipinski definition) is 2. The Labute approximate surface area is 145 Å². The van der Waals surface area contributed by atoms with Gasteiger partial charge in [-0.25, -0.2) is 4.52 Å². The number of halogens is 1. The molecule has 0 aliphatic carbocycles. The van der Waals surface area contributed by atoms with Crippen molar-refractivity contribution in [3.63, 3.8) is 0 Å². The summed E-state index contributed by atoms with van der Waals surface area (Å²) in [5.74, 6) is 1.28. The number of ether oxygens (including phenoxy) is 1. The molecule has 0 saturated carbocycles. The van der Waals surface area contributed by atoms with E-state index in [4.69, 9.17) is 16.3 Å². The van der Waals surface area contributed by atoms with Crippen molar-refractivity contribution in [3.8, 4) is 5.88 Å². The fourth-order valence-electron chi connectivity index (χ4n) is 2.87. The van der Waals surface area contributed by atoms with Crippen molar-refractivity contribution in [1.29, 1.82) is 0 Å². The number of nitrogens with one attached hydrogen (secondary N) is 2. The molecule has 2 aliphatic heterocycles. The molecule has 4 rings (SSSR count). The summed E-state index contributed by atoms with van der Waals surface area (Å²) in [6.45, 7) is 5.02. The SMILES string of the molecule is C[C@@H](Oc1nc(Cl)cn2nccc12)[C@@H]1CCNC1.O=C1CCCN1. The Hall–Kier alpha value is -1.86. The Morgan fingerprint density at radius 1 is 1.46 bits per heavy atom. The van der Waals surface area contributed by atoms with Crippen molar-refractivity contribution < 1.29 is 9.53 Å². The molecule has 0 bridgehead atoms. The number of nitrogens with zero attached hydrogens (tertiary/aromatic N) is 3. The molecule has 0 aromatic carbocycles. The van der Waals surface area contributed by atoms with Gasteiger partial charge in [0.1, 0.15) is 11.6 Å². The van der Waals surface area contributed by atoms with Gasteiger partial charge in [-0.3, -0.25) is 4.79 Å². The van der Waals surface area contributed by atoms with Crippen LogP contribution in [-0.2, 0) is 4.79 Å². The number of hydrogen-bond acceptors (Lipinski definition) is 5. The second-order valence-electron chi connectivity index (χ2n) is 6.06. The summed E-state index contributed by atoms with van der Waals surface area (Å²) in [5, 5.41) is 10.6. The van der Waals surface area contributed by atoms with Gasteiger partial charge in [0.25, 0.3) is 0 Å². The van der Waals surface area contributed by atoms with Crippen molar-refractivity contribution in [2.24, 2.45) is 5.92 Å². The van der Waals surface area contributed by atoms with Crippen molar-refractivity contribution in [1.82, 2.24) is 25.2 Å². The zero-order chi connectivity index (χ0) is 16.9. The summed E-state index contributed by atoms with van der Waals surface area (Å²) in [5.41, 5.74) is 0.845. The standard InChI is InChI=1S/C12H15ClN4O.C4H7NO/c1-8(9-2-4-14-6-9)18-12-10-3-5-15-17(10)7-11(13)16-12;6-4-2-1-3-5-4/h3,5,7-9,14H,2,4,6H2,1H3;1-3H2,(H,5,6)/t8-,9-;/m1./s1. The molecule has 24 heavy (non-hydrogen) atoms. The van der Waals surface area contributed by atoms with Gasteiger partial charge in [0.05, 0.1) is 12.4 Å². The lowest BCUT2D eigenvalue weighted by molar-refractivity contribution is -0.119. The Morgan fingerprint density at radius 3 is 2.96 bits per heavy atom. The molecule has 0 unspecified atom stereocenters. The number of aromatic nitrogens is 3. The maximum atomic E-state index is 10.1. The molecular formula is C16H22ClN5O2. The van der Waals surface area contributed by atoms with Crippen LogP contribution < -0.4 is 15.4 Å². The van der Waals surface area contributed by atoms with E-state index in [-0.39, 0.29) is 12.0 Å². The highest BCUT2D eigenvalue weighted by atomic mass is 35.5. The van der Waals surface area contributed by atoms with Crippen LogP contribution >= 0.6 is 11.6 Å². The predicted octanol–water partition coefficient (Wildman–Crippen LogP) is 1.66. The molecule has 0 radical (unpaired) electrons. The summed E-state index contributed by atoms with van der Waals surface area (Å²) < 4.78 is 7.64. The van der Waals surface area contributed by atoms with Gasteiger partial charge in [0, 0.05) is 25.4 Å². The minimum Gasteiger partial charge on any atom is -0.473 e. The van der Waals surface area contributed by atoms with Crippen LogP contribution in [0.5, 0.6) is 5.88 Å². The minimum atomic E-state index is 0.115. The van der Waals surface area contributed by atoms with Gasteiger partial charge in [-0.2, -0.15) is 10.1 Å². The maximum absolute atomic E-state index is 10.1. The fourth-order valence-corrected chi connectivity index (χ4v) is 3.04. The van der Waals surface area contributed by atoms with Gasteiger partial charge in [-0.05, 0) is 32.4 Å². The van der Waals surface area contributed by atoms with E-state index >= 15 is 0 Å². The summed E-state index contributed by atoms with van der Waals surface area (Å²) in [7, 11) is 0. The largest absolute Gasteiger partial charge is 0.473 e. The molecule has 2 aromatic rings. The first-order valence-corrected chi connectivity index (χ1v) is 8.65. The Morgan fingerprint density at radius 2 is 2.33 bits per heavy atom. The lowest BCUT2D eigenvalue weighted by atomic mass is 10.0. The Bertz CT molecular complexity index is 691. The van der Waals surface area contributed by atoms with Gasteiger partial charge >= 0.3 is 0 Å². The fraction of sp³-hybridized carbons (Fsp3) is 0.562. The Kier molecular flexibility index (Phi) is 5.52. The highest BCUT2D eigenvalue weighted by Crippen LogP contribution is 2.24. The highest BCUT2D eigenvalue weighted by molar-refractivity contribution is 6.29. The Balaban J connectivity index is 0.000000238. The third-order valence-electron chi connectivity index (χ3n) is 4.29. The van der Waals surface area contributed by atoms with Crippen molar-refractivity contribution in [2.75, 3.05) is 19.6 Å². The third kappa shape index (κ3) is 4.15. The number of fused-ring (bicyclic) bond motifs is 1. The van der Waals surface area contributed by atoms with Crippen molar-refractivity contribution in [2.45, 2.75) is 32.3 Å². The number of amides is 1. The van der Waals surface area contributed by atoms with Crippen LogP contribution in [0.25, 0.3) is 5.52 Å². The first-order valence-electron chi connectivity index (χ1n) is 8.27. The maximum Gasteiger partial charge on any atom is 0.241 e. The normalized spacial score (nSPS) is 21.2. The zero-order valence-electron chi connectivity index (χ0n) is 13.7. The smallest absolute Gasteiger partial charge is 0.241 e. The first-order chi connectivity index (χ1) is 11.6. The second kappa shape index (κ2) is 7.81. The molecule has 2 fully saturated rings. The average molecular weight is 352 g/mol. The molecule has 2 aliphatic rings. The average Bonchev–Trinajstić information content (AvgIpc) is 3.29. The van der Waals surface area contributed by atoms with Gasteiger partial charge in [-0.1, -0.05) is 11.6 Å². The van der Waals surface area contributed by atoms with Gasteiger partial charge in [0.15, 0.2) is 5.15 Å². The van der Waals surface area contributed by atoms with Gasteiger partial charge in [0.2, 0.25) is 11.8 Å². The molecule has 0 spiro atoms. The minimum absolute atomic E-state index is 0.115. The van der Waals surface area contributed by atoms with E-state index < -0.39 is 0 Å². The molecule has 8 heteroatoms. The van der Waals surface area contributed by atoms with Crippen LogP contribution in [0.1, 0.15) is 26.2 Å². The van der Waals surface area contributed by atoms with E-state index in [1.54, 1.807) is 16.9 Å². The molecule has 2 atom stereocenters. The van der Waals surface area contributed by atoms with Crippen LogP contribution in [-0.4, -0.2) is 46.2 Å². The molecule has 2 N–H and O–H groups in total. The van der Waals surface area contributed by atoms with E-state index in [0.29, 0.717) is 17.0 Å². The van der Waals surface area contributed by atoms with E-state index in [0.717, 1.165) is 44.4 Å². The molecule has 1 amide bonds. The van der Waals surface area contributed by atoms with Crippen LogP contribution in [0.3, 0.4) is 0 Å². The summed E-state index contributed by atoms with van der Waals surface area (Å²) in [6, 6.07) is 1.87. The van der Waals surface area contributed by atoms with Gasteiger partial charge < -0.3 is 15.4 Å². The number of rotatable bonds is 3. The summed E-state index contributed by atoms with van der Waals surface area (Å²) >= 11 is 5.96. The molecule has 4 heterocycles. The van der Waals surface area contributed by atoms with E-state index in [1.165, 1.54) is 0 Å². The summed E-state index contributed by atoms with van der Waals surface area (Å²) in [6.07, 6.45) is 6.40. The van der Waals surface area contributed by atoms with Crippen molar-refractivity contribution in [3.05, 3.63) is 23.6 Å². The molecule has 130 valence electrons. The predicted molar refractivity (Wildman–Crippen MR) is 91.3 cm³/mol. The van der Waals surface area contributed by atoms with Crippen LogP contribution in [0.2, 0.25) is 5.15 Å². The van der Waals surface area contributed by atoms with E-state index in [1.807, 2.05) is 6.07 Å². The quantitative estimate of drug-likeness (QED) is 0.879. The van der Waals surface area contributed by atoms with E-state index in [2.05, 4.69) is 27.6 Å². The van der Waals surface area contributed by atoms with Crippen LogP contribution in [0.15, 0.2) is 18.5 Å². The monoisotopic (exact) mass is 351 g/mol. The lowest BCUT2D eigenvalue weighted by Crippen LogP contribution is -2.26. The highest BCUT2D eigenvalue weighted by Gasteiger charge is 2.24. The third-order valence-corrected chi connectivity index (χ3v) is 4.47. The van der Waals surface area contributed by atoms with Crippen LogP contribution in [0, 0.1) is 5.92 Å². The van der Waals surface area contributed by atoms with E-state index in [9.17, 15) is 4.79 Å². The van der Waals surface area contributed by atoms with Crippen molar-refractivity contribution >= 4 is 23.0 Å². The van der Waals surface area contributed by atoms with Gasteiger partial charge in [-0.15, -0.1) is 0 Å². The zero-order valence-corrected chi connectivity index (χ0v) is 14.4. The molecular weight excluding hydrogens is 330 g/mol. The number of carbonyl (C=O) groups is 1. The molecule has 7 nitrogen and oxygen atoms in total. The lowest BCUT2D eigenvalue weighted by Gasteiger charge is -2.19. The van der Waals surface area contributed by atoms with Crippen LogP contribution in [0.4, 0.5) is 0 Å². The summed E-state index contributed by atoms with van der Waals surface area (Å²) in [4.78, 5) is 14.4. The first kappa shape index (κ1) is 17.0. The molecule has 2 aromatic heterocycles. The topological polar surface area (TPSA) is 80.6 Å². The number of carbonyl (C=O) groups excluding carboxylic acids is 1. The second-order valence-corrected chi connectivity index (χ2v) is 6.45.